The van der Waals surface area contributed by atoms with Gasteiger partial charge in [0.05, 0.1) is 6.61 Å². The van der Waals surface area contributed by atoms with Crippen LogP contribution in [0.5, 0.6) is 0 Å². The molecular formula is C12H17N3O3S2. The highest BCUT2D eigenvalue weighted by molar-refractivity contribution is 7.89. The van der Waals surface area contributed by atoms with Crippen LogP contribution < -0.4 is 10.5 Å². The second-order valence-electron chi connectivity index (χ2n) is 4.75. The fraction of sp³-hybridized carbons (Fsp3) is 0.500. The molecule has 2 atom stereocenters. The maximum absolute atomic E-state index is 12.4. The van der Waals surface area contributed by atoms with Gasteiger partial charge in [0.25, 0.3) is 0 Å². The van der Waals surface area contributed by atoms with E-state index in [-0.39, 0.29) is 27.5 Å². The predicted molar refractivity (Wildman–Crippen MR) is 78.8 cm³/mol. The van der Waals surface area contributed by atoms with Gasteiger partial charge in [0.15, 0.2) is 0 Å². The van der Waals surface area contributed by atoms with E-state index in [0.29, 0.717) is 13.2 Å². The molecule has 2 heterocycles. The Morgan fingerprint density at radius 3 is 3.00 bits per heavy atom. The maximum Gasteiger partial charge on any atom is 0.243 e. The summed E-state index contributed by atoms with van der Waals surface area (Å²) in [6.45, 7) is 3.06. The summed E-state index contributed by atoms with van der Waals surface area (Å²) >= 11 is 4.84. The Morgan fingerprint density at radius 1 is 1.65 bits per heavy atom. The summed E-state index contributed by atoms with van der Waals surface area (Å²) in [6.07, 6.45) is 2.31. The molecule has 3 N–H and O–H groups in total. The van der Waals surface area contributed by atoms with E-state index in [0.717, 1.165) is 6.42 Å². The van der Waals surface area contributed by atoms with Crippen LogP contribution in [0.1, 0.15) is 19.0 Å². The first kappa shape index (κ1) is 15.3. The van der Waals surface area contributed by atoms with Gasteiger partial charge in [-0.3, -0.25) is 4.98 Å². The zero-order valence-electron chi connectivity index (χ0n) is 11.1. The standard InChI is InChI=1S/C12H17N3O3S2/c1-8(9-4-6-18-7-9)15-20(16,17)10-3-2-5-14-11(10)12(13)19/h2-3,5,8-9,15H,4,6-7H2,1H3,(H2,13,19). The molecule has 8 heteroatoms. The third-order valence-electron chi connectivity index (χ3n) is 3.31. The number of ether oxygens (including phenoxy) is 1. The van der Waals surface area contributed by atoms with E-state index in [2.05, 4.69) is 9.71 Å². The summed E-state index contributed by atoms with van der Waals surface area (Å²) in [7, 11) is -3.71. The Morgan fingerprint density at radius 2 is 2.40 bits per heavy atom. The largest absolute Gasteiger partial charge is 0.388 e. The van der Waals surface area contributed by atoms with E-state index in [1.807, 2.05) is 6.92 Å². The van der Waals surface area contributed by atoms with Crippen molar-refractivity contribution in [3.8, 4) is 0 Å². The lowest BCUT2D eigenvalue weighted by Gasteiger charge is -2.19. The molecular weight excluding hydrogens is 298 g/mol. The van der Waals surface area contributed by atoms with Gasteiger partial charge in [-0.25, -0.2) is 13.1 Å². The normalized spacial score (nSPS) is 20.8. The van der Waals surface area contributed by atoms with Crippen LogP contribution in [0.2, 0.25) is 0 Å². The topological polar surface area (TPSA) is 94.3 Å². The summed E-state index contributed by atoms with van der Waals surface area (Å²) < 4.78 is 32.8. The molecule has 0 radical (unpaired) electrons. The van der Waals surface area contributed by atoms with Crippen molar-refractivity contribution < 1.29 is 13.2 Å². The van der Waals surface area contributed by atoms with Crippen molar-refractivity contribution >= 4 is 27.2 Å². The first-order chi connectivity index (χ1) is 9.42. The zero-order chi connectivity index (χ0) is 14.8. The van der Waals surface area contributed by atoms with Crippen LogP contribution in [0.15, 0.2) is 23.2 Å². The number of hydrogen-bond acceptors (Lipinski definition) is 5. The molecule has 0 amide bonds. The number of thiocarbonyl (C=S) groups is 1. The van der Waals surface area contributed by atoms with Gasteiger partial charge in [0.1, 0.15) is 15.6 Å². The molecule has 0 aromatic carbocycles. The van der Waals surface area contributed by atoms with E-state index < -0.39 is 10.0 Å². The molecule has 1 fully saturated rings. The first-order valence-corrected chi connectivity index (χ1v) is 8.16. The number of pyridine rings is 1. The lowest BCUT2D eigenvalue weighted by atomic mass is 10.0. The van der Waals surface area contributed by atoms with Crippen LogP contribution in [0.25, 0.3) is 0 Å². The van der Waals surface area contributed by atoms with Gasteiger partial charge in [-0.05, 0) is 25.5 Å². The zero-order valence-corrected chi connectivity index (χ0v) is 12.7. The highest BCUT2D eigenvalue weighted by Crippen LogP contribution is 2.19. The van der Waals surface area contributed by atoms with E-state index >= 15 is 0 Å². The quantitative estimate of drug-likeness (QED) is 0.765. The molecule has 1 aliphatic rings. The number of hydrogen-bond donors (Lipinski definition) is 2. The van der Waals surface area contributed by atoms with Gasteiger partial charge in [-0.2, -0.15) is 0 Å². The van der Waals surface area contributed by atoms with Crippen LogP contribution in [-0.4, -0.2) is 37.6 Å². The fourth-order valence-corrected chi connectivity index (χ4v) is 3.86. The van der Waals surface area contributed by atoms with Crippen LogP contribution in [0.4, 0.5) is 0 Å². The molecule has 2 unspecified atom stereocenters. The van der Waals surface area contributed by atoms with Crippen LogP contribution in [0.3, 0.4) is 0 Å². The molecule has 1 saturated heterocycles. The van der Waals surface area contributed by atoms with E-state index in [9.17, 15) is 8.42 Å². The third-order valence-corrected chi connectivity index (χ3v) is 5.09. The van der Waals surface area contributed by atoms with Crippen LogP contribution in [0, 0.1) is 5.92 Å². The summed E-state index contributed by atoms with van der Waals surface area (Å²) in [5, 5.41) is 0. The monoisotopic (exact) mass is 315 g/mol. The number of nitrogens with zero attached hydrogens (tertiary/aromatic N) is 1. The third kappa shape index (κ3) is 3.32. The van der Waals surface area contributed by atoms with E-state index in [4.69, 9.17) is 22.7 Å². The smallest absolute Gasteiger partial charge is 0.243 e. The molecule has 110 valence electrons. The number of nitrogens with two attached hydrogens (primary N) is 1. The van der Waals surface area contributed by atoms with Crippen molar-refractivity contribution in [3.63, 3.8) is 0 Å². The van der Waals surface area contributed by atoms with Gasteiger partial charge in [-0.15, -0.1) is 0 Å². The molecule has 2 rings (SSSR count). The van der Waals surface area contributed by atoms with Gasteiger partial charge >= 0.3 is 0 Å². The van der Waals surface area contributed by atoms with Gasteiger partial charge in [0.2, 0.25) is 10.0 Å². The minimum atomic E-state index is -3.71. The van der Waals surface area contributed by atoms with Gasteiger partial charge < -0.3 is 10.5 Å². The summed E-state index contributed by atoms with van der Waals surface area (Å²) in [4.78, 5) is 3.91. The highest BCUT2D eigenvalue weighted by Gasteiger charge is 2.28. The molecule has 0 saturated carbocycles. The van der Waals surface area contributed by atoms with Crippen molar-refractivity contribution in [2.45, 2.75) is 24.3 Å². The van der Waals surface area contributed by atoms with Crippen LogP contribution >= 0.6 is 12.2 Å². The Labute approximate surface area is 123 Å². The van der Waals surface area contributed by atoms with Gasteiger partial charge in [-0.1, -0.05) is 12.2 Å². The Kier molecular flexibility index (Phi) is 4.69. The Bertz CT molecular complexity index is 598. The average molecular weight is 315 g/mol. The summed E-state index contributed by atoms with van der Waals surface area (Å²) in [5.41, 5.74) is 5.64. The minimum Gasteiger partial charge on any atom is -0.388 e. The summed E-state index contributed by atoms with van der Waals surface area (Å²) in [6, 6.07) is 2.77. The Balaban J connectivity index is 2.24. The molecule has 1 aromatic rings. The minimum absolute atomic E-state index is 0.0123. The summed E-state index contributed by atoms with van der Waals surface area (Å²) in [5.74, 6) is 0.176. The number of sulfonamides is 1. The fourth-order valence-electron chi connectivity index (χ4n) is 2.14. The van der Waals surface area contributed by atoms with Crippen molar-refractivity contribution in [2.24, 2.45) is 11.7 Å². The number of aromatic nitrogens is 1. The Hall–Kier alpha value is -1.09. The van der Waals surface area contributed by atoms with Crippen molar-refractivity contribution in [2.75, 3.05) is 13.2 Å². The van der Waals surface area contributed by atoms with E-state index in [1.165, 1.54) is 12.3 Å². The van der Waals surface area contributed by atoms with Gasteiger partial charge in [0, 0.05) is 24.8 Å². The SMILES string of the molecule is CC(NS(=O)(=O)c1cccnc1C(N)=S)C1CCOC1. The molecule has 6 nitrogen and oxygen atoms in total. The first-order valence-electron chi connectivity index (χ1n) is 6.26. The molecule has 20 heavy (non-hydrogen) atoms. The molecule has 1 aromatic heterocycles. The predicted octanol–water partition coefficient (Wildman–Crippen LogP) is 0.419. The lowest BCUT2D eigenvalue weighted by Crippen LogP contribution is -2.39. The van der Waals surface area contributed by atoms with Crippen LogP contribution in [-0.2, 0) is 14.8 Å². The van der Waals surface area contributed by atoms with Crippen molar-refractivity contribution in [1.29, 1.82) is 0 Å². The lowest BCUT2D eigenvalue weighted by molar-refractivity contribution is 0.180. The van der Waals surface area contributed by atoms with E-state index in [1.54, 1.807) is 6.07 Å². The second-order valence-corrected chi connectivity index (χ2v) is 6.87. The molecule has 0 bridgehead atoms. The maximum atomic E-state index is 12.4. The van der Waals surface area contributed by atoms with Crippen molar-refractivity contribution in [1.82, 2.24) is 9.71 Å². The number of nitrogens with one attached hydrogen (secondary N) is 1. The number of rotatable bonds is 5. The van der Waals surface area contributed by atoms with Crippen molar-refractivity contribution in [3.05, 3.63) is 24.0 Å². The molecule has 0 spiro atoms. The molecule has 1 aliphatic heterocycles. The average Bonchev–Trinajstić information content (AvgIpc) is 2.92. The molecule has 0 aliphatic carbocycles. The highest BCUT2D eigenvalue weighted by atomic mass is 32.2. The second kappa shape index (κ2) is 6.13.